The van der Waals surface area contributed by atoms with Crippen molar-refractivity contribution >= 4 is 11.3 Å². The number of rotatable bonds is 5. The van der Waals surface area contributed by atoms with Crippen molar-refractivity contribution in [3.63, 3.8) is 0 Å². The van der Waals surface area contributed by atoms with Gasteiger partial charge in [-0.25, -0.2) is 4.98 Å². The molecule has 4 heteroatoms. The summed E-state index contributed by atoms with van der Waals surface area (Å²) < 4.78 is 0. The average Bonchev–Trinajstić information content (AvgIpc) is 2.85. The Morgan fingerprint density at radius 3 is 2.60 bits per heavy atom. The zero-order valence-corrected chi connectivity index (χ0v) is 13.1. The fourth-order valence-electron chi connectivity index (χ4n) is 1.84. The molecule has 0 saturated carbocycles. The van der Waals surface area contributed by atoms with Crippen LogP contribution in [0.2, 0.25) is 0 Å². The van der Waals surface area contributed by atoms with Crippen LogP contribution in [0.5, 0.6) is 0 Å². The minimum atomic E-state index is -0.399. The third-order valence-corrected chi connectivity index (χ3v) is 3.77. The summed E-state index contributed by atoms with van der Waals surface area (Å²) in [5.41, 5.74) is 2.14. The predicted octanol–water partition coefficient (Wildman–Crippen LogP) is 3.10. The van der Waals surface area contributed by atoms with Gasteiger partial charge in [-0.05, 0) is 20.8 Å². The lowest BCUT2D eigenvalue weighted by atomic mass is 10.1. The van der Waals surface area contributed by atoms with Crippen molar-refractivity contribution in [2.45, 2.75) is 38.8 Å². The lowest BCUT2D eigenvalue weighted by Gasteiger charge is -2.22. The van der Waals surface area contributed by atoms with Gasteiger partial charge in [0.2, 0.25) is 0 Å². The maximum absolute atomic E-state index is 10.0. The van der Waals surface area contributed by atoms with Gasteiger partial charge in [-0.3, -0.25) is 0 Å². The Bertz CT molecular complexity index is 531. The maximum atomic E-state index is 10.0. The van der Waals surface area contributed by atoms with Crippen molar-refractivity contribution < 1.29 is 5.11 Å². The van der Waals surface area contributed by atoms with Gasteiger partial charge in [0.1, 0.15) is 0 Å². The highest BCUT2D eigenvalue weighted by atomic mass is 32.1. The van der Waals surface area contributed by atoms with Crippen molar-refractivity contribution in [1.82, 2.24) is 10.3 Å². The van der Waals surface area contributed by atoms with Crippen molar-refractivity contribution in [3.05, 3.63) is 40.7 Å². The molecule has 3 nitrogen and oxygen atoms in total. The smallest absolute Gasteiger partial charge is 0.0958 e. The fraction of sp³-hybridized carbons (Fsp3) is 0.438. The molecule has 0 radical (unpaired) electrons. The molecule has 1 heterocycles. The second-order valence-corrected chi connectivity index (χ2v) is 6.92. The number of hydrogen-bond donors (Lipinski definition) is 2. The van der Waals surface area contributed by atoms with Gasteiger partial charge in [0, 0.05) is 29.4 Å². The number of nitrogens with one attached hydrogen (secondary N) is 1. The molecule has 1 unspecified atom stereocenters. The molecule has 1 atom stereocenters. The highest BCUT2D eigenvalue weighted by Crippen LogP contribution is 2.22. The van der Waals surface area contributed by atoms with Crippen molar-refractivity contribution in [2.24, 2.45) is 0 Å². The van der Waals surface area contributed by atoms with E-state index in [4.69, 9.17) is 0 Å². The van der Waals surface area contributed by atoms with Crippen molar-refractivity contribution in [3.8, 4) is 11.3 Å². The highest BCUT2D eigenvalue weighted by Gasteiger charge is 2.14. The zero-order chi connectivity index (χ0) is 14.6. The molecule has 108 valence electrons. The van der Waals surface area contributed by atoms with Gasteiger partial charge in [-0.1, -0.05) is 30.3 Å². The minimum Gasteiger partial charge on any atom is -0.391 e. The Balaban J connectivity index is 1.93. The summed E-state index contributed by atoms with van der Waals surface area (Å²) in [5.74, 6) is 0. The second kappa shape index (κ2) is 6.48. The summed E-state index contributed by atoms with van der Waals surface area (Å²) in [7, 11) is 0. The van der Waals surface area contributed by atoms with Crippen molar-refractivity contribution in [2.75, 3.05) is 6.54 Å². The normalized spacial score (nSPS) is 13.4. The van der Waals surface area contributed by atoms with E-state index < -0.39 is 6.10 Å². The third kappa shape index (κ3) is 4.71. The van der Waals surface area contributed by atoms with E-state index in [0.717, 1.165) is 16.3 Å². The van der Waals surface area contributed by atoms with Crippen LogP contribution in [-0.2, 0) is 6.42 Å². The van der Waals surface area contributed by atoms with E-state index in [-0.39, 0.29) is 5.54 Å². The first-order chi connectivity index (χ1) is 9.44. The molecular weight excluding hydrogens is 268 g/mol. The Labute approximate surface area is 124 Å². The minimum absolute atomic E-state index is 0.0268. The summed E-state index contributed by atoms with van der Waals surface area (Å²) in [5, 5.41) is 16.4. The van der Waals surface area contributed by atoms with Crippen LogP contribution in [0.1, 0.15) is 25.8 Å². The van der Waals surface area contributed by atoms with Crippen LogP contribution in [-0.4, -0.2) is 28.3 Å². The van der Waals surface area contributed by atoms with Gasteiger partial charge in [0.05, 0.1) is 16.8 Å². The number of benzene rings is 1. The summed E-state index contributed by atoms with van der Waals surface area (Å²) >= 11 is 1.61. The van der Waals surface area contributed by atoms with Gasteiger partial charge in [-0.15, -0.1) is 11.3 Å². The van der Waals surface area contributed by atoms with Crippen LogP contribution < -0.4 is 5.32 Å². The molecule has 20 heavy (non-hydrogen) atoms. The number of aliphatic hydroxyl groups is 1. The molecular formula is C16H22N2OS. The van der Waals surface area contributed by atoms with Gasteiger partial charge in [0.15, 0.2) is 0 Å². The lowest BCUT2D eigenvalue weighted by molar-refractivity contribution is 0.161. The third-order valence-electron chi connectivity index (χ3n) is 2.90. The number of aliphatic hydroxyl groups excluding tert-OH is 1. The van der Waals surface area contributed by atoms with E-state index in [1.165, 1.54) is 0 Å². The largest absolute Gasteiger partial charge is 0.391 e. The van der Waals surface area contributed by atoms with E-state index >= 15 is 0 Å². The molecule has 2 N–H and O–H groups in total. The summed E-state index contributed by atoms with van der Waals surface area (Å²) in [4.78, 5) is 4.60. The number of aromatic nitrogens is 1. The fourth-order valence-corrected chi connectivity index (χ4v) is 2.72. The van der Waals surface area contributed by atoms with Gasteiger partial charge in [0.25, 0.3) is 0 Å². The van der Waals surface area contributed by atoms with Crippen LogP contribution in [0.3, 0.4) is 0 Å². The molecule has 0 aliphatic heterocycles. The van der Waals surface area contributed by atoms with Crippen LogP contribution in [0.25, 0.3) is 11.3 Å². The number of thiazole rings is 1. The zero-order valence-electron chi connectivity index (χ0n) is 12.3. The summed E-state index contributed by atoms with van der Waals surface area (Å²) in [6.45, 7) is 6.87. The first kappa shape index (κ1) is 15.2. The molecule has 2 rings (SSSR count). The van der Waals surface area contributed by atoms with Crippen LogP contribution in [0.4, 0.5) is 0 Å². The lowest BCUT2D eigenvalue weighted by Crippen LogP contribution is -2.41. The summed E-state index contributed by atoms with van der Waals surface area (Å²) in [6, 6.07) is 10.1. The number of nitrogens with zero attached hydrogens (tertiary/aromatic N) is 1. The molecule has 0 aliphatic carbocycles. The second-order valence-electron chi connectivity index (χ2n) is 5.98. The number of β-amino-alcohol motifs (C(OH)–C–C–N with tert-alkyl or cyclic N) is 1. The molecule has 1 aromatic carbocycles. The van der Waals surface area contributed by atoms with Crippen LogP contribution in [0, 0.1) is 0 Å². The Kier molecular flexibility index (Phi) is 4.91. The molecule has 0 spiro atoms. The maximum Gasteiger partial charge on any atom is 0.0958 e. The Morgan fingerprint density at radius 2 is 1.95 bits per heavy atom. The summed E-state index contributed by atoms with van der Waals surface area (Å²) in [6.07, 6.45) is 0.199. The molecule has 0 aliphatic rings. The van der Waals surface area contributed by atoms with Crippen LogP contribution in [0.15, 0.2) is 35.7 Å². The van der Waals surface area contributed by atoms with Crippen LogP contribution >= 0.6 is 11.3 Å². The molecule has 0 saturated heterocycles. The van der Waals surface area contributed by atoms with Crippen molar-refractivity contribution in [1.29, 1.82) is 0 Å². The quantitative estimate of drug-likeness (QED) is 0.889. The Morgan fingerprint density at radius 1 is 1.25 bits per heavy atom. The molecule has 0 amide bonds. The SMILES string of the molecule is CC(C)(C)NCC(O)Cc1nc(-c2ccccc2)cs1. The first-order valence-corrected chi connectivity index (χ1v) is 7.75. The predicted molar refractivity (Wildman–Crippen MR) is 85.0 cm³/mol. The average molecular weight is 290 g/mol. The van der Waals surface area contributed by atoms with E-state index in [2.05, 4.69) is 48.6 Å². The standard InChI is InChI=1S/C16H22N2OS/c1-16(2,3)17-10-13(19)9-15-18-14(11-20-15)12-7-5-4-6-8-12/h4-8,11,13,17,19H,9-10H2,1-3H3. The van der Waals surface area contributed by atoms with E-state index in [1.807, 2.05) is 18.2 Å². The molecule has 0 bridgehead atoms. The monoisotopic (exact) mass is 290 g/mol. The van der Waals surface area contributed by atoms with Gasteiger partial charge in [-0.2, -0.15) is 0 Å². The van der Waals surface area contributed by atoms with E-state index in [9.17, 15) is 5.11 Å². The molecule has 0 fully saturated rings. The Hall–Kier alpha value is -1.23. The topological polar surface area (TPSA) is 45.1 Å². The number of hydrogen-bond acceptors (Lipinski definition) is 4. The van der Waals surface area contributed by atoms with E-state index in [0.29, 0.717) is 13.0 Å². The van der Waals surface area contributed by atoms with Gasteiger partial charge >= 0.3 is 0 Å². The van der Waals surface area contributed by atoms with E-state index in [1.54, 1.807) is 11.3 Å². The molecule has 1 aromatic heterocycles. The van der Waals surface area contributed by atoms with Gasteiger partial charge < -0.3 is 10.4 Å². The molecule has 2 aromatic rings. The first-order valence-electron chi connectivity index (χ1n) is 6.87. The highest BCUT2D eigenvalue weighted by molar-refractivity contribution is 7.09.